The number of halogens is 1. The zero-order valence-corrected chi connectivity index (χ0v) is 12.6. The van der Waals surface area contributed by atoms with E-state index in [2.05, 4.69) is 17.6 Å². The topological polar surface area (TPSA) is 41.1 Å². The fraction of sp³-hybridized carbons (Fsp3) is 0.533. The average molecular weight is 283 g/mol. The number of carbonyl (C=O) groups excluding carboxylic acids is 1. The third kappa shape index (κ3) is 5.21. The standard InChI is InChI=1S/C15H23ClN2O/c1-4-5-10-17-15(19)12(3)18-11(2)13-8-6-7-9-14(13)16/h6-9,11-12,18H,4-5,10H2,1-3H3,(H,17,19)/t11-,12?/m1/s1. The second kappa shape index (κ2) is 8.18. The van der Waals surface area contributed by atoms with E-state index in [1.165, 1.54) is 0 Å². The van der Waals surface area contributed by atoms with E-state index in [4.69, 9.17) is 11.6 Å². The highest BCUT2D eigenvalue weighted by Crippen LogP contribution is 2.22. The maximum Gasteiger partial charge on any atom is 0.236 e. The third-order valence-corrected chi connectivity index (χ3v) is 3.44. The van der Waals surface area contributed by atoms with Gasteiger partial charge in [-0.3, -0.25) is 10.1 Å². The van der Waals surface area contributed by atoms with Gasteiger partial charge < -0.3 is 5.32 Å². The molecule has 1 unspecified atom stereocenters. The van der Waals surface area contributed by atoms with Gasteiger partial charge in [-0.15, -0.1) is 0 Å². The second-order valence-electron chi connectivity index (χ2n) is 4.78. The number of carbonyl (C=O) groups is 1. The van der Waals surface area contributed by atoms with Crippen LogP contribution in [0.15, 0.2) is 24.3 Å². The molecule has 0 radical (unpaired) electrons. The fourth-order valence-corrected chi connectivity index (χ4v) is 2.21. The van der Waals surface area contributed by atoms with E-state index in [1.54, 1.807) is 0 Å². The van der Waals surface area contributed by atoms with Gasteiger partial charge in [-0.2, -0.15) is 0 Å². The Kier molecular flexibility index (Phi) is 6.89. The van der Waals surface area contributed by atoms with Crippen LogP contribution in [0.1, 0.15) is 45.2 Å². The minimum absolute atomic E-state index is 0.0346. The number of rotatable bonds is 7. The molecule has 3 nitrogen and oxygen atoms in total. The van der Waals surface area contributed by atoms with Gasteiger partial charge in [0.2, 0.25) is 5.91 Å². The summed E-state index contributed by atoms with van der Waals surface area (Å²) in [6, 6.07) is 7.50. The molecule has 1 amide bonds. The number of benzene rings is 1. The molecular formula is C15H23ClN2O. The summed E-state index contributed by atoms with van der Waals surface area (Å²) in [7, 11) is 0. The Morgan fingerprint density at radius 1 is 1.32 bits per heavy atom. The molecule has 1 rings (SSSR count). The Balaban J connectivity index is 2.50. The molecule has 0 bridgehead atoms. The summed E-state index contributed by atoms with van der Waals surface area (Å²) >= 11 is 6.14. The average Bonchev–Trinajstić information content (AvgIpc) is 2.39. The van der Waals surface area contributed by atoms with E-state index < -0.39 is 0 Å². The van der Waals surface area contributed by atoms with Gasteiger partial charge in [-0.25, -0.2) is 0 Å². The molecular weight excluding hydrogens is 260 g/mol. The third-order valence-electron chi connectivity index (χ3n) is 3.09. The van der Waals surface area contributed by atoms with Crippen LogP contribution in [0.2, 0.25) is 5.02 Å². The SMILES string of the molecule is CCCCNC(=O)C(C)N[C@H](C)c1ccccc1Cl. The fourth-order valence-electron chi connectivity index (χ4n) is 1.91. The molecule has 1 aromatic carbocycles. The van der Waals surface area contributed by atoms with Gasteiger partial charge in [0.1, 0.15) is 0 Å². The predicted octanol–water partition coefficient (Wildman–Crippen LogP) is 3.30. The van der Waals surface area contributed by atoms with E-state index in [0.29, 0.717) is 0 Å². The molecule has 106 valence electrons. The zero-order chi connectivity index (χ0) is 14.3. The van der Waals surface area contributed by atoms with Crippen molar-refractivity contribution in [1.29, 1.82) is 0 Å². The van der Waals surface area contributed by atoms with E-state index in [1.807, 2.05) is 38.1 Å². The van der Waals surface area contributed by atoms with E-state index in [9.17, 15) is 4.79 Å². The summed E-state index contributed by atoms with van der Waals surface area (Å²) in [5.41, 5.74) is 1.01. The van der Waals surface area contributed by atoms with Gasteiger partial charge >= 0.3 is 0 Å². The predicted molar refractivity (Wildman–Crippen MR) is 80.4 cm³/mol. The molecule has 4 heteroatoms. The second-order valence-corrected chi connectivity index (χ2v) is 5.18. The van der Waals surface area contributed by atoms with E-state index >= 15 is 0 Å². The lowest BCUT2D eigenvalue weighted by atomic mass is 10.1. The molecule has 0 heterocycles. The number of amides is 1. The number of nitrogens with one attached hydrogen (secondary N) is 2. The quantitative estimate of drug-likeness (QED) is 0.754. The van der Waals surface area contributed by atoms with Gasteiger partial charge in [0, 0.05) is 17.6 Å². The maximum atomic E-state index is 11.9. The molecule has 19 heavy (non-hydrogen) atoms. The first-order valence-corrected chi connectivity index (χ1v) is 7.22. The van der Waals surface area contributed by atoms with Crippen LogP contribution in [0.5, 0.6) is 0 Å². The van der Waals surface area contributed by atoms with Crippen molar-refractivity contribution in [3.8, 4) is 0 Å². The Labute approximate surface area is 120 Å². The summed E-state index contributed by atoms with van der Waals surface area (Å²) in [5, 5.41) is 6.91. The largest absolute Gasteiger partial charge is 0.355 e. The molecule has 2 N–H and O–H groups in total. The Morgan fingerprint density at radius 3 is 2.63 bits per heavy atom. The summed E-state index contributed by atoms with van der Waals surface area (Å²) in [6.07, 6.45) is 2.09. The van der Waals surface area contributed by atoms with Gasteiger partial charge in [-0.1, -0.05) is 43.1 Å². The van der Waals surface area contributed by atoms with E-state index in [0.717, 1.165) is 30.0 Å². The van der Waals surface area contributed by atoms with Crippen molar-refractivity contribution in [2.24, 2.45) is 0 Å². The number of hydrogen-bond acceptors (Lipinski definition) is 2. The van der Waals surface area contributed by atoms with Crippen LogP contribution in [0.25, 0.3) is 0 Å². The summed E-state index contributed by atoms with van der Waals surface area (Å²) in [6.45, 7) is 6.72. The minimum atomic E-state index is -0.233. The monoisotopic (exact) mass is 282 g/mol. The van der Waals surface area contributed by atoms with Crippen LogP contribution in [0.4, 0.5) is 0 Å². The van der Waals surface area contributed by atoms with Crippen molar-refractivity contribution in [1.82, 2.24) is 10.6 Å². The number of unbranched alkanes of at least 4 members (excludes halogenated alkanes) is 1. The molecule has 0 aliphatic rings. The first-order chi connectivity index (χ1) is 9.06. The van der Waals surface area contributed by atoms with Crippen LogP contribution in [-0.4, -0.2) is 18.5 Å². The smallest absolute Gasteiger partial charge is 0.236 e. The van der Waals surface area contributed by atoms with Crippen molar-refractivity contribution < 1.29 is 4.79 Å². The first-order valence-electron chi connectivity index (χ1n) is 6.84. The normalized spacial score (nSPS) is 13.9. The summed E-state index contributed by atoms with van der Waals surface area (Å²) in [4.78, 5) is 11.9. The van der Waals surface area contributed by atoms with Crippen LogP contribution in [-0.2, 0) is 4.79 Å². The first kappa shape index (κ1) is 16.0. The Morgan fingerprint density at radius 2 is 2.00 bits per heavy atom. The summed E-state index contributed by atoms with van der Waals surface area (Å²) in [5.74, 6) is 0.0346. The van der Waals surface area contributed by atoms with Crippen molar-refractivity contribution in [2.75, 3.05) is 6.54 Å². The van der Waals surface area contributed by atoms with Crippen LogP contribution in [0.3, 0.4) is 0 Å². The molecule has 2 atom stereocenters. The van der Waals surface area contributed by atoms with Crippen molar-refractivity contribution in [2.45, 2.75) is 45.7 Å². The zero-order valence-electron chi connectivity index (χ0n) is 11.9. The highest BCUT2D eigenvalue weighted by molar-refractivity contribution is 6.31. The minimum Gasteiger partial charge on any atom is -0.355 e. The Bertz CT molecular complexity index is 409. The molecule has 0 aromatic heterocycles. The molecule has 0 aliphatic heterocycles. The highest BCUT2D eigenvalue weighted by Gasteiger charge is 2.16. The molecule has 1 aromatic rings. The van der Waals surface area contributed by atoms with E-state index in [-0.39, 0.29) is 18.0 Å². The molecule has 0 aliphatic carbocycles. The molecule has 0 fully saturated rings. The molecule has 0 spiro atoms. The van der Waals surface area contributed by atoms with Gasteiger partial charge in [-0.05, 0) is 31.9 Å². The van der Waals surface area contributed by atoms with Crippen LogP contribution in [0, 0.1) is 0 Å². The lowest BCUT2D eigenvalue weighted by molar-refractivity contribution is -0.122. The summed E-state index contributed by atoms with van der Waals surface area (Å²) < 4.78 is 0. The van der Waals surface area contributed by atoms with Crippen LogP contribution >= 0.6 is 11.6 Å². The van der Waals surface area contributed by atoms with Gasteiger partial charge in [0.15, 0.2) is 0 Å². The lowest BCUT2D eigenvalue weighted by Gasteiger charge is -2.20. The van der Waals surface area contributed by atoms with Crippen molar-refractivity contribution in [3.05, 3.63) is 34.9 Å². The molecule has 0 saturated carbocycles. The van der Waals surface area contributed by atoms with Crippen molar-refractivity contribution in [3.63, 3.8) is 0 Å². The van der Waals surface area contributed by atoms with Gasteiger partial charge in [0.05, 0.1) is 6.04 Å². The number of hydrogen-bond donors (Lipinski definition) is 2. The highest BCUT2D eigenvalue weighted by atomic mass is 35.5. The Hall–Kier alpha value is -1.06. The maximum absolute atomic E-state index is 11.9. The lowest BCUT2D eigenvalue weighted by Crippen LogP contribution is -2.43. The van der Waals surface area contributed by atoms with Crippen LogP contribution < -0.4 is 10.6 Å². The van der Waals surface area contributed by atoms with Crippen molar-refractivity contribution >= 4 is 17.5 Å². The van der Waals surface area contributed by atoms with Gasteiger partial charge in [0.25, 0.3) is 0 Å². The molecule has 0 saturated heterocycles.